The van der Waals surface area contributed by atoms with Gasteiger partial charge in [-0.1, -0.05) is 31.0 Å². The predicted octanol–water partition coefficient (Wildman–Crippen LogP) is 3.04. The fourth-order valence-electron chi connectivity index (χ4n) is 3.46. The zero-order chi connectivity index (χ0) is 18.1. The summed E-state index contributed by atoms with van der Waals surface area (Å²) in [5.74, 6) is 1.21. The minimum atomic E-state index is 0.0761. The smallest absolute Gasteiger partial charge is 0.230 e. The molecule has 26 heavy (non-hydrogen) atoms. The van der Waals surface area contributed by atoms with E-state index in [0.717, 1.165) is 40.2 Å². The maximum Gasteiger partial charge on any atom is 0.230 e. The number of nitrogens with one attached hydrogen (secondary N) is 1. The topological polar surface area (TPSA) is 77.1 Å². The van der Waals surface area contributed by atoms with Crippen molar-refractivity contribution >= 4 is 34.0 Å². The van der Waals surface area contributed by atoms with Crippen LogP contribution in [-0.2, 0) is 11.8 Å². The Balaban J connectivity index is 1.45. The third-order valence-corrected chi connectivity index (χ3v) is 6.56. The molecule has 0 atom stereocenters. The second-order valence-corrected chi connectivity index (χ2v) is 8.47. The third-order valence-electron chi connectivity index (χ3n) is 4.79. The molecule has 0 bridgehead atoms. The largest absolute Gasteiger partial charge is 0.353 e. The van der Waals surface area contributed by atoms with Gasteiger partial charge in [-0.15, -0.1) is 21.5 Å². The van der Waals surface area contributed by atoms with Gasteiger partial charge in [0.2, 0.25) is 5.91 Å². The number of imidazole rings is 1. The first-order chi connectivity index (χ1) is 12.6. The third kappa shape index (κ3) is 3.37. The molecule has 0 unspecified atom stereocenters. The lowest BCUT2D eigenvalue weighted by atomic mass is 9.95. The quantitative estimate of drug-likeness (QED) is 0.678. The van der Waals surface area contributed by atoms with Crippen LogP contribution in [-0.4, -0.2) is 41.9 Å². The van der Waals surface area contributed by atoms with E-state index < -0.39 is 0 Å². The van der Waals surface area contributed by atoms with Crippen molar-refractivity contribution in [3.63, 3.8) is 0 Å². The molecule has 7 nitrogen and oxygen atoms in total. The van der Waals surface area contributed by atoms with Crippen molar-refractivity contribution in [2.75, 3.05) is 5.75 Å². The molecule has 3 heterocycles. The molecule has 1 aliphatic rings. The number of aryl methyl sites for hydroxylation is 1. The summed E-state index contributed by atoms with van der Waals surface area (Å²) in [7, 11) is 1.93. The molecule has 0 radical (unpaired) electrons. The van der Waals surface area contributed by atoms with Crippen LogP contribution in [0, 0.1) is 6.92 Å². The number of carbonyl (C=O) groups is 1. The maximum atomic E-state index is 12.2. The zero-order valence-corrected chi connectivity index (χ0v) is 16.6. The van der Waals surface area contributed by atoms with Gasteiger partial charge in [0, 0.05) is 24.7 Å². The monoisotopic (exact) mass is 390 g/mol. The molecule has 1 amide bonds. The molecule has 1 aliphatic carbocycles. The SMILES string of the molecule is Cc1nc2sccn2c1-c1nnc(SCC(=O)NC2CCCCC2)n1C. The van der Waals surface area contributed by atoms with E-state index in [1.165, 1.54) is 31.0 Å². The van der Waals surface area contributed by atoms with E-state index in [2.05, 4.69) is 20.5 Å². The molecule has 0 saturated heterocycles. The Morgan fingerprint density at radius 3 is 2.96 bits per heavy atom. The molecular formula is C17H22N6OS2. The van der Waals surface area contributed by atoms with Gasteiger partial charge in [-0.2, -0.15) is 0 Å². The molecule has 4 rings (SSSR count). The molecule has 9 heteroatoms. The van der Waals surface area contributed by atoms with Crippen molar-refractivity contribution < 1.29 is 4.79 Å². The molecule has 3 aromatic heterocycles. The second kappa shape index (κ2) is 7.40. The van der Waals surface area contributed by atoms with E-state index in [0.29, 0.717) is 11.8 Å². The highest BCUT2D eigenvalue weighted by Crippen LogP contribution is 2.28. The van der Waals surface area contributed by atoms with Crippen molar-refractivity contribution in [2.24, 2.45) is 7.05 Å². The standard InChI is InChI=1S/C17H22N6OS2/c1-11-14(23-8-9-25-16(23)18-11)15-20-21-17(22(15)2)26-10-13(24)19-12-6-4-3-5-7-12/h8-9,12H,3-7,10H2,1-2H3,(H,19,24). The Morgan fingerprint density at radius 1 is 1.35 bits per heavy atom. The van der Waals surface area contributed by atoms with Crippen molar-refractivity contribution in [2.45, 2.75) is 50.2 Å². The van der Waals surface area contributed by atoms with Crippen LogP contribution in [0.15, 0.2) is 16.7 Å². The van der Waals surface area contributed by atoms with Gasteiger partial charge in [-0.25, -0.2) is 4.98 Å². The van der Waals surface area contributed by atoms with Gasteiger partial charge in [-0.3, -0.25) is 9.20 Å². The van der Waals surface area contributed by atoms with Gasteiger partial charge >= 0.3 is 0 Å². The van der Waals surface area contributed by atoms with Crippen molar-refractivity contribution in [3.05, 3.63) is 17.3 Å². The van der Waals surface area contributed by atoms with E-state index in [-0.39, 0.29) is 5.91 Å². The number of hydrogen-bond acceptors (Lipinski definition) is 6. The number of aromatic nitrogens is 5. The summed E-state index contributed by atoms with van der Waals surface area (Å²) in [6, 6.07) is 0.341. The molecule has 1 fully saturated rings. The Hall–Kier alpha value is -1.87. The molecule has 1 N–H and O–H groups in total. The summed E-state index contributed by atoms with van der Waals surface area (Å²) < 4.78 is 3.97. The van der Waals surface area contributed by atoms with Gasteiger partial charge in [0.05, 0.1) is 11.4 Å². The first-order valence-corrected chi connectivity index (χ1v) is 10.7. The van der Waals surface area contributed by atoms with Crippen LogP contribution in [0.5, 0.6) is 0 Å². The minimum Gasteiger partial charge on any atom is -0.353 e. The van der Waals surface area contributed by atoms with Gasteiger partial charge in [0.25, 0.3) is 0 Å². The lowest BCUT2D eigenvalue weighted by Crippen LogP contribution is -2.37. The van der Waals surface area contributed by atoms with Crippen molar-refractivity contribution in [3.8, 4) is 11.5 Å². The molecule has 0 spiro atoms. The molecule has 0 aliphatic heterocycles. The van der Waals surface area contributed by atoms with Gasteiger partial charge in [0.15, 0.2) is 15.9 Å². The number of hydrogen-bond donors (Lipinski definition) is 1. The Bertz CT molecular complexity index is 921. The number of nitrogens with zero attached hydrogens (tertiary/aromatic N) is 5. The molecule has 0 aromatic carbocycles. The highest BCUT2D eigenvalue weighted by molar-refractivity contribution is 7.99. The Labute approximate surface area is 160 Å². The summed E-state index contributed by atoms with van der Waals surface area (Å²) >= 11 is 3.02. The van der Waals surface area contributed by atoms with Gasteiger partial charge in [-0.05, 0) is 19.8 Å². The number of fused-ring (bicyclic) bond motifs is 1. The van der Waals surface area contributed by atoms with Gasteiger partial charge < -0.3 is 9.88 Å². The molecule has 1 saturated carbocycles. The van der Waals surface area contributed by atoms with Gasteiger partial charge in [0.1, 0.15) is 5.69 Å². The summed E-state index contributed by atoms with van der Waals surface area (Å²) in [6.07, 6.45) is 7.91. The summed E-state index contributed by atoms with van der Waals surface area (Å²) in [5.41, 5.74) is 1.88. The summed E-state index contributed by atoms with van der Waals surface area (Å²) in [5, 5.41) is 14.5. The highest BCUT2D eigenvalue weighted by Gasteiger charge is 2.20. The summed E-state index contributed by atoms with van der Waals surface area (Å²) in [4.78, 5) is 17.7. The molecule has 138 valence electrons. The number of thioether (sulfide) groups is 1. The normalized spacial score (nSPS) is 15.6. The number of carbonyl (C=O) groups excluding carboxylic acids is 1. The number of rotatable bonds is 5. The molecular weight excluding hydrogens is 368 g/mol. The fraction of sp³-hybridized carbons (Fsp3) is 0.529. The average Bonchev–Trinajstić information content (AvgIpc) is 3.29. The van der Waals surface area contributed by atoms with Crippen molar-refractivity contribution in [1.82, 2.24) is 29.5 Å². The van der Waals surface area contributed by atoms with E-state index in [9.17, 15) is 4.79 Å². The van der Waals surface area contributed by atoms with E-state index >= 15 is 0 Å². The van der Waals surface area contributed by atoms with Crippen LogP contribution in [0.3, 0.4) is 0 Å². The first-order valence-electron chi connectivity index (χ1n) is 8.87. The van der Waals surface area contributed by atoms with Crippen LogP contribution in [0.1, 0.15) is 37.8 Å². The lowest BCUT2D eigenvalue weighted by Gasteiger charge is -2.22. The molecule has 3 aromatic rings. The first kappa shape index (κ1) is 17.5. The predicted molar refractivity (Wildman–Crippen MR) is 104 cm³/mol. The van der Waals surface area contributed by atoms with Crippen LogP contribution < -0.4 is 5.32 Å². The zero-order valence-electron chi connectivity index (χ0n) is 14.9. The van der Waals surface area contributed by atoms with E-state index in [4.69, 9.17) is 0 Å². The summed E-state index contributed by atoms with van der Waals surface area (Å²) in [6.45, 7) is 1.98. The second-order valence-electron chi connectivity index (χ2n) is 6.66. The van der Waals surface area contributed by atoms with Crippen LogP contribution in [0.4, 0.5) is 0 Å². The van der Waals surface area contributed by atoms with Crippen LogP contribution in [0.25, 0.3) is 16.5 Å². The maximum absolute atomic E-state index is 12.2. The Kier molecular flexibility index (Phi) is 4.99. The Morgan fingerprint density at radius 2 is 2.15 bits per heavy atom. The average molecular weight is 391 g/mol. The minimum absolute atomic E-state index is 0.0761. The van der Waals surface area contributed by atoms with E-state index in [1.807, 2.05) is 34.5 Å². The number of thiazole rings is 1. The van der Waals surface area contributed by atoms with Crippen LogP contribution >= 0.6 is 23.1 Å². The fourth-order valence-corrected chi connectivity index (χ4v) is 4.94. The highest BCUT2D eigenvalue weighted by atomic mass is 32.2. The van der Waals surface area contributed by atoms with Crippen molar-refractivity contribution in [1.29, 1.82) is 0 Å². The van der Waals surface area contributed by atoms with Crippen LogP contribution in [0.2, 0.25) is 0 Å². The number of amides is 1. The van der Waals surface area contributed by atoms with E-state index in [1.54, 1.807) is 11.3 Å². The lowest BCUT2D eigenvalue weighted by molar-refractivity contribution is -0.119.